The van der Waals surface area contributed by atoms with Gasteiger partial charge in [0.05, 0.1) is 6.61 Å². The molecule has 1 unspecified atom stereocenters. The highest BCUT2D eigenvalue weighted by atomic mass is 16.5. The van der Waals surface area contributed by atoms with Gasteiger partial charge in [0.25, 0.3) is 5.56 Å². The fourth-order valence-corrected chi connectivity index (χ4v) is 1.47. The SMILES string of the molecule is CCCCOC(=O)C(C)n1cc(C)ccc1=O. The molecule has 4 heteroatoms. The number of hydrogen-bond acceptors (Lipinski definition) is 3. The molecule has 0 radical (unpaired) electrons. The van der Waals surface area contributed by atoms with E-state index in [0.717, 1.165) is 18.4 Å². The summed E-state index contributed by atoms with van der Waals surface area (Å²) in [6.45, 7) is 6.00. The van der Waals surface area contributed by atoms with Gasteiger partial charge in [0.2, 0.25) is 0 Å². The van der Waals surface area contributed by atoms with E-state index in [-0.39, 0.29) is 11.5 Å². The first-order valence-electron chi connectivity index (χ1n) is 5.91. The summed E-state index contributed by atoms with van der Waals surface area (Å²) in [5.74, 6) is -0.355. The van der Waals surface area contributed by atoms with E-state index in [4.69, 9.17) is 4.74 Å². The zero-order valence-electron chi connectivity index (χ0n) is 10.6. The van der Waals surface area contributed by atoms with E-state index in [1.165, 1.54) is 10.6 Å². The van der Waals surface area contributed by atoms with Crippen LogP contribution in [-0.4, -0.2) is 17.1 Å². The third kappa shape index (κ3) is 3.73. The number of hydrogen-bond donors (Lipinski definition) is 0. The normalized spacial score (nSPS) is 12.2. The molecule has 0 aliphatic rings. The molecule has 1 heterocycles. The van der Waals surface area contributed by atoms with Gasteiger partial charge in [-0.15, -0.1) is 0 Å². The maximum atomic E-state index is 11.7. The minimum absolute atomic E-state index is 0.185. The molecular formula is C13H19NO3. The van der Waals surface area contributed by atoms with Gasteiger partial charge in [-0.25, -0.2) is 4.79 Å². The van der Waals surface area contributed by atoms with Gasteiger partial charge in [-0.3, -0.25) is 4.79 Å². The second kappa shape index (κ2) is 6.23. The second-order valence-electron chi connectivity index (χ2n) is 4.15. The Morgan fingerprint density at radius 1 is 1.47 bits per heavy atom. The van der Waals surface area contributed by atoms with Crippen molar-refractivity contribution in [3.05, 3.63) is 34.2 Å². The molecule has 0 aromatic carbocycles. The highest BCUT2D eigenvalue weighted by molar-refractivity contribution is 5.73. The van der Waals surface area contributed by atoms with E-state index >= 15 is 0 Å². The first kappa shape index (κ1) is 13.5. The molecule has 1 aromatic heterocycles. The van der Waals surface area contributed by atoms with Crippen LogP contribution in [0.1, 0.15) is 38.3 Å². The maximum absolute atomic E-state index is 11.7. The molecular weight excluding hydrogens is 218 g/mol. The van der Waals surface area contributed by atoms with Crippen molar-refractivity contribution in [2.75, 3.05) is 6.61 Å². The molecule has 0 amide bonds. The summed E-state index contributed by atoms with van der Waals surface area (Å²) in [6.07, 6.45) is 3.50. The van der Waals surface area contributed by atoms with Crippen LogP contribution in [0.4, 0.5) is 0 Å². The summed E-state index contributed by atoms with van der Waals surface area (Å²) in [5, 5.41) is 0. The summed E-state index contributed by atoms with van der Waals surface area (Å²) in [6, 6.07) is 2.62. The molecule has 0 N–H and O–H groups in total. The number of esters is 1. The lowest BCUT2D eigenvalue weighted by Crippen LogP contribution is -2.28. The van der Waals surface area contributed by atoms with Gasteiger partial charge < -0.3 is 9.30 Å². The van der Waals surface area contributed by atoms with Crippen molar-refractivity contribution in [3.8, 4) is 0 Å². The Balaban J connectivity index is 2.74. The number of ether oxygens (including phenoxy) is 1. The highest BCUT2D eigenvalue weighted by Gasteiger charge is 2.17. The molecule has 0 spiro atoms. The topological polar surface area (TPSA) is 48.3 Å². The predicted octanol–water partition coefficient (Wildman–Crippen LogP) is 2.06. The van der Waals surface area contributed by atoms with Crippen LogP contribution >= 0.6 is 0 Å². The van der Waals surface area contributed by atoms with Crippen LogP contribution in [0.15, 0.2) is 23.1 Å². The molecule has 0 bridgehead atoms. The van der Waals surface area contributed by atoms with E-state index < -0.39 is 6.04 Å². The molecule has 0 saturated carbocycles. The Bertz CT molecular complexity index is 437. The zero-order chi connectivity index (χ0) is 12.8. The van der Waals surface area contributed by atoms with Crippen LogP contribution < -0.4 is 5.56 Å². The van der Waals surface area contributed by atoms with Gasteiger partial charge in [-0.05, 0) is 25.8 Å². The average Bonchev–Trinajstić information content (AvgIpc) is 2.31. The molecule has 0 saturated heterocycles. The summed E-state index contributed by atoms with van der Waals surface area (Å²) in [4.78, 5) is 23.3. The molecule has 1 rings (SSSR count). The van der Waals surface area contributed by atoms with Gasteiger partial charge in [-0.2, -0.15) is 0 Å². The van der Waals surface area contributed by atoms with E-state index in [1.54, 1.807) is 19.2 Å². The molecule has 0 fully saturated rings. The van der Waals surface area contributed by atoms with Crippen molar-refractivity contribution in [1.82, 2.24) is 4.57 Å². The summed E-state index contributed by atoms with van der Waals surface area (Å²) < 4.78 is 6.50. The lowest BCUT2D eigenvalue weighted by atomic mass is 10.2. The third-order valence-electron chi connectivity index (χ3n) is 2.59. The van der Waals surface area contributed by atoms with Crippen molar-refractivity contribution in [2.24, 2.45) is 0 Å². The Labute approximate surface area is 101 Å². The van der Waals surface area contributed by atoms with Gasteiger partial charge in [-0.1, -0.05) is 19.4 Å². The summed E-state index contributed by atoms with van der Waals surface area (Å²) >= 11 is 0. The van der Waals surface area contributed by atoms with Crippen LogP contribution in [-0.2, 0) is 9.53 Å². The summed E-state index contributed by atoms with van der Waals surface area (Å²) in [5.41, 5.74) is 0.758. The predicted molar refractivity (Wildman–Crippen MR) is 66.0 cm³/mol. The van der Waals surface area contributed by atoms with Crippen LogP contribution in [0.3, 0.4) is 0 Å². The van der Waals surface area contributed by atoms with Crippen molar-refractivity contribution in [3.63, 3.8) is 0 Å². The Hall–Kier alpha value is -1.58. The highest BCUT2D eigenvalue weighted by Crippen LogP contribution is 2.06. The number of pyridine rings is 1. The van der Waals surface area contributed by atoms with Crippen molar-refractivity contribution >= 4 is 5.97 Å². The molecule has 4 nitrogen and oxygen atoms in total. The third-order valence-corrected chi connectivity index (χ3v) is 2.59. The lowest BCUT2D eigenvalue weighted by Gasteiger charge is -2.14. The first-order chi connectivity index (χ1) is 8.06. The lowest BCUT2D eigenvalue weighted by molar-refractivity contribution is -0.147. The maximum Gasteiger partial charge on any atom is 0.328 e. The fourth-order valence-electron chi connectivity index (χ4n) is 1.47. The average molecular weight is 237 g/mol. The van der Waals surface area contributed by atoms with Crippen molar-refractivity contribution < 1.29 is 9.53 Å². The largest absolute Gasteiger partial charge is 0.464 e. The molecule has 0 aliphatic carbocycles. The van der Waals surface area contributed by atoms with Gasteiger partial charge in [0, 0.05) is 12.3 Å². The number of nitrogens with zero attached hydrogens (tertiary/aromatic N) is 1. The molecule has 94 valence electrons. The first-order valence-corrected chi connectivity index (χ1v) is 5.91. The smallest absolute Gasteiger partial charge is 0.328 e. The van der Waals surface area contributed by atoms with Gasteiger partial charge in [0.1, 0.15) is 6.04 Å². The molecule has 0 aliphatic heterocycles. The monoisotopic (exact) mass is 237 g/mol. The van der Waals surface area contributed by atoms with Crippen LogP contribution in [0.25, 0.3) is 0 Å². The minimum atomic E-state index is -0.570. The Morgan fingerprint density at radius 2 is 2.18 bits per heavy atom. The summed E-state index contributed by atoms with van der Waals surface area (Å²) in [7, 11) is 0. The fraction of sp³-hybridized carbons (Fsp3) is 0.538. The number of unbranched alkanes of at least 4 members (excludes halogenated alkanes) is 1. The number of aryl methyl sites for hydroxylation is 1. The number of carbonyl (C=O) groups is 1. The van der Waals surface area contributed by atoms with Gasteiger partial charge in [0.15, 0.2) is 0 Å². The van der Waals surface area contributed by atoms with E-state index in [2.05, 4.69) is 0 Å². The van der Waals surface area contributed by atoms with E-state index in [1.807, 2.05) is 13.8 Å². The Morgan fingerprint density at radius 3 is 2.82 bits per heavy atom. The molecule has 17 heavy (non-hydrogen) atoms. The zero-order valence-corrected chi connectivity index (χ0v) is 10.6. The second-order valence-corrected chi connectivity index (χ2v) is 4.15. The van der Waals surface area contributed by atoms with Crippen molar-refractivity contribution in [1.29, 1.82) is 0 Å². The number of rotatable bonds is 5. The van der Waals surface area contributed by atoms with E-state index in [0.29, 0.717) is 6.61 Å². The standard InChI is InChI=1S/C13H19NO3/c1-4-5-8-17-13(16)11(3)14-9-10(2)6-7-12(14)15/h6-7,9,11H,4-5,8H2,1-3H3. The van der Waals surface area contributed by atoms with Crippen LogP contribution in [0.2, 0.25) is 0 Å². The Kier molecular flexibility index (Phi) is 4.94. The molecule has 1 aromatic rings. The number of aromatic nitrogens is 1. The van der Waals surface area contributed by atoms with Crippen molar-refractivity contribution in [2.45, 2.75) is 39.7 Å². The molecule has 1 atom stereocenters. The van der Waals surface area contributed by atoms with Crippen LogP contribution in [0, 0.1) is 6.92 Å². The van der Waals surface area contributed by atoms with E-state index in [9.17, 15) is 9.59 Å². The van der Waals surface area contributed by atoms with Crippen LogP contribution in [0.5, 0.6) is 0 Å². The number of carbonyl (C=O) groups excluding carboxylic acids is 1. The minimum Gasteiger partial charge on any atom is -0.464 e. The van der Waals surface area contributed by atoms with Gasteiger partial charge >= 0.3 is 5.97 Å². The quantitative estimate of drug-likeness (QED) is 0.581.